The second kappa shape index (κ2) is 4.28. The van der Waals surface area contributed by atoms with Crippen LogP contribution >= 0.6 is 11.6 Å². The summed E-state index contributed by atoms with van der Waals surface area (Å²) in [5.74, 6) is -0.0941. The van der Waals surface area contributed by atoms with E-state index >= 15 is 0 Å². The molecule has 1 amide bonds. The Balaban J connectivity index is 2.21. The number of aryl methyl sites for hydroxylation is 1. The Morgan fingerprint density at radius 1 is 1.44 bits per heavy atom. The van der Waals surface area contributed by atoms with E-state index in [0.717, 1.165) is 0 Å². The minimum Gasteiger partial charge on any atom is -0.304 e. The van der Waals surface area contributed by atoms with Gasteiger partial charge in [0.05, 0.1) is 11.8 Å². The normalized spacial score (nSPS) is 10.1. The van der Waals surface area contributed by atoms with Gasteiger partial charge in [-0.15, -0.1) is 0 Å². The molecule has 0 radical (unpaired) electrons. The summed E-state index contributed by atoms with van der Waals surface area (Å²) in [6.45, 7) is 1.75. The summed E-state index contributed by atoms with van der Waals surface area (Å²) in [6, 6.07) is 0. The Hall–Kier alpha value is -1.95. The van der Waals surface area contributed by atoms with Crippen LogP contribution in [0, 0.1) is 6.92 Å². The molecule has 0 spiro atoms. The number of aromatic nitrogens is 4. The number of nitrogens with zero attached hydrogens (tertiary/aromatic N) is 3. The van der Waals surface area contributed by atoms with Crippen LogP contribution in [-0.4, -0.2) is 26.1 Å². The zero-order chi connectivity index (χ0) is 11.5. The van der Waals surface area contributed by atoms with Crippen molar-refractivity contribution < 1.29 is 4.79 Å². The second-order valence-electron chi connectivity index (χ2n) is 3.06. The predicted octanol–water partition coefficient (Wildman–Crippen LogP) is 1.41. The van der Waals surface area contributed by atoms with Gasteiger partial charge in [0.2, 0.25) is 0 Å². The number of halogens is 1. The monoisotopic (exact) mass is 237 g/mol. The molecule has 0 aliphatic heterocycles. The number of hydrogen-bond acceptors (Lipinski definition) is 4. The van der Waals surface area contributed by atoms with Crippen molar-refractivity contribution in [1.29, 1.82) is 0 Å². The number of nitrogens with one attached hydrogen (secondary N) is 2. The first-order valence-electron chi connectivity index (χ1n) is 4.46. The van der Waals surface area contributed by atoms with Crippen LogP contribution in [0.5, 0.6) is 0 Å². The lowest BCUT2D eigenvalue weighted by atomic mass is 10.2. The maximum absolute atomic E-state index is 11.8. The van der Waals surface area contributed by atoms with Gasteiger partial charge in [0.1, 0.15) is 0 Å². The van der Waals surface area contributed by atoms with E-state index in [1.807, 2.05) is 0 Å². The van der Waals surface area contributed by atoms with Gasteiger partial charge in [-0.05, 0) is 6.92 Å². The molecule has 0 aromatic carbocycles. The first kappa shape index (κ1) is 10.6. The fraction of sp³-hybridized carbons (Fsp3) is 0.111. The Bertz CT molecular complexity index is 524. The van der Waals surface area contributed by atoms with Crippen LogP contribution in [0.15, 0.2) is 18.6 Å². The van der Waals surface area contributed by atoms with Crippen LogP contribution in [0.25, 0.3) is 0 Å². The molecule has 2 aromatic heterocycles. The number of carbonyl (C=O) groups is 1. The van der Waals surface area contributed by atoms with Crippen molar-refractivity contribution in [1.82, 2.24) is 20.2 Å². The number of carbonyl (C=O) groups excluding carboxylic acids is 1. The second-order valence-corrected chi connectivity index (χ2v) is 3.42. The molecule has 2 aromatic rings. The van der Waals surface area contributed by atoms with Crippen molar-refractivity contribution in [2.75, 3.05) is 5.32 Å². The van der Waals surface area contributed by atoms with E-state index in [0.29, 0.717) is 11.3 Å². The van der Waals surface area contributed by atoms with Crippen molar-refractivity contribution in [3.63, 3.8) is 0 Å². The number of hydrogen-bond donors (Lipinski definition) is 2. The number of rotatable bonds is 2. The van der Waals surface area contributed by atoms with Crippen molar-refractivity contribution in [3.05, 3.63) is 35.0 Å². The number of H-pyrrole nitrogens is 1. The van der Waals surface area contributed by atoms with Gasteiger partial charge in [-0.25, -0.2) is 9.97 Å². The summed E-state index contributed by atoms with van der Waals surface area (Å²) < 4.78 is 0. The van der Waals surface area contributed by atoms with Gasteiger partial charge >= 0.3 is 0 Å². The molecular weight excluding hydrogens is 230 g/mol. The van der Waals surface area contributed by atoms with Crippen LogP contribution in [0.3, 0.4) is 0 Å². The topological polar surface area (TPSA) is 83.6 Å². The molecule has 0 aliphatic rings. The van der Waals surface area contributed by atoms with Crippen molar-refractivity contribution in [2.45, 2.75) is 6.92 Å². The molecular formula is C9H8ClN5O. The maximum atomic E-state index is 11.8. The van der Waals surface area contributed by atoms with Gasteiger partial charge in [0.25, 0.3) is 5.91 Å². The molecule has 0 bridgehead atoms. The van der Waals surface area contributed by atoms with Gasteiger partial charge in [0.15, 0.2) is 11.0 Å². The molecule has 82 valence electrons. The Morgan fingerprint density at radius 3 is 2.81 bits per heavy atom. The highest BCUT2D eigenvalue weighted by Gasteiger charge is 2.13. The van der Waals surface area contributed by atoms with Gasteiger partial charge in [-0.2, -0.15) is 5.10 Å². The zero-order valence-corrected chi connectivity index (χ0v) is 9.12. The Morgan fingerprint density at radius 2 is 2.19 bits per heavy atom. The SMILES string of the molecule is Cc1[nH]ncc1C(=O)Nc1nccnc1Cl. The summed E-state index contributed by atoms with van der Waals surface area (Å²) in [7, 11) is 0. The van der Waals surface area contributed by atoms with Gasteiger partial charge in [-0.3, -0.25) is 9.89 Å². The molecule has 0 saturated carbocycles. The first-order valence-corrected chi connectivity index (χ1v) is 4.84. The smallest absolute Gasteiger partial charge is 0.260 e. The summed E-state index contributed by atoms with van der Waals surface area (Å²) >= 11 is 5.76. The lowest BCUT2D eigenvalue weighted by molar-refractivity contribution is 0.102. The molecule has 0 unspecified atom stereocenters. The number of amides is 1. The summed E-state index contributed by atoms with van der Waals surface area (Å²) in [5.41, 5.74) is 1.12. The standard InChI is InChI=1S/C9H8ClN5O/c1-5-6(4-13-15-5)9(16)14-8-7(10)11-2-3-12-8/h2-4H,1H3,(H,13,15)(H,12,14,16). The number of anilines is 1. The van der Waals surface area contributed by atoms with E-state index in [4.69, 9.17) is 11.6 Å². The molecule has 7 heteroatoms. The zero-order valence-electron chi connectivity index (χ0n) is 8.36. The number of aromatic amines is 1. The highest BCUT2D eigenvalue weighted by atomic mass is 35.5. The summed E-state index contributed by atoms with van der Waals surface area (Å²) in [4.78, 5) is 19.5. The molecule has 2 heterocycles. The lowest BCUT2D eigenvalue weighted by Crippen LogP contribution is -2.14. The maximum Gasteiger partial charge on any atom is 0.260 e. The largest absolute Gasteiger partial charge is 0.304 e. The van der Waals surface area contributed by atoms with E-state index in [1.165, 1.54) is 18.6 Å². The van der Waals surface area contributed by atoms with E-state index in [1.54, 1.807) is 6.92 Å². The van der Waals surface area contributed by atoms with E-state index in [2.05, 4.69) is 25.5 Å². The third kappa shape index (κ3) is 2.01. The minimum absolute atomic E-state index is 0.150. The average Bonchev–Trinajstić information content (AvgIpc) is 2.68. The third-order valence-corrected chi connectivity index (χ3v) is 2.24. The van der Waals surface area contributed by atoms with Crippen molar-refractivity contribution in [3.8, 4) is 0 Å². The molecule has 0 fully saturated rings. The average molecular weight is 238 g/mol. The molecule has 2 rings (SSSR count). The Labute approximate surface area is 96.1 Å². The molecule has 0 atom stereocenters. The lowest BCUT2D eigenvalue weighted by Gasteiger charge is -2.03. The quantitative estimate of drug-likeness (QED) is 0.827. The van der Waals surface area contributed by atoms with Gasteiger partial charge < -0.3 is 5.32 Å². The van der Waals surface area contributed by atoms with Crippen LogP contribution in [0.4, 0.5) is 5.82 Å². The third-order valence-electron chi connectivity index (χ3n) is 1.96. The molecule has 2 N–H and O–H groups in total. The van der Waals surface area contributed by atoms with Gasteiger partial charge in [-0.1, -0.05) is 11.6 Å². The first-order chi connectivity index (χ1) is 7.68. The molecule has 0 saturated heterocycles. The molecule has 0 aliphatic carbocycles. The highest BCUT2D eigenvalue weighted by Crippen LogP contribution is 2.15. The van der Waals surface area contributed by atoms with E-state index in [9.17, 15) is 4.79 Å². The summed E-state index contributed by atoms with van der Waals surface area (Å²) in [5, 5.41) is 9.12. The van der Waals surface area contributed by atoms with Crippen molar-refractivity contribution in [2.24, 2.45) is 0 Å². The Kier molecular flexibility index (Phi) is 2.82. The van der Waals surface area contributed by atoms with Crippen LogP contribution < -0.4 is 5.32 Å². The molecule has 16 heavy (non-hydrogen) atoms. The fourth-order valence-electron chi connectivity index (χ4n) is 1.16. The fourth-order valence-corrected chi connectivity index (χ4v) is 1.31. The summed E-state index contributed by atoms with van der Waals surface area (Å²) in [6.07, 6.45) is 4.33. The van der Waals surface area contributed by atoms with Crippen LogP contribution in [0.1, 0.15) is 16.1 Å². The minimum atomic E-state index is -0.325. The predicted molar refractivity (Wildman–Crippen MR) is 58.3 cm³/mol. The highest BCUT2D eigenvalue weighted by molar-refractivity contribution is 6.32. The van der Waals surface area contributed by atoms with Gasteiger partial charge in [0, 0.05) is 18.1 Å². The van der Waals surface area contributed by atoms with Crippen molar-refractivity contribution >= 4 is 23.3 Å². The van der Waals surface area contributed by atoms with E-state index in [-0.39, 0.29) is 16.9 Å². The molecule has 6 nitrogen and oxygen atoms in total. The van der Waals surface area contributed by atoms with Crippen LogP contribution in [0.2, 0.25) is 5.15 Å². The van der Waals surface area contributed by atoms with Crippen LogP contribution in [-0.2, 0) is 0 Å². The van der Waals surface area contributed by atoms with E-state index < -0.39 is 0 Å².